The summed E-state index contributed by atoms with van der Waals surface area (Å²) in [6.45, 7) is 6.84. The molecule has 0 unspecified atom stereocenters. The Morgan fingerprint density at radius 3 is 2.59 bits per heavy atom. The second-order valence-electron chi connectivity index (χ2n) is 6.49. The molecule has 2 aromatic rings. The van der Waals surface area contributed by atoms with Gasteiger partial charge in [0.2, 0.25) is 5.91 Å². The van der Waals surface area contributed by atoms with E-state index in [1.54, 1.807) is 24.3 Å². The fourth-order valence-electron chi connectivity index (χ4n) is 2.60. The van der Waals surface area contributed by atoms with E-state index in [0.29, 0.717) is 37.3 Å². The van der Waals surface area contributed by atoms with E-state index >= 15 is 0 Å². The molecule has 0 aliphatic heterocycles. The van der Waals surface area contributed by atoms with Crippen LogP contribution < -0.4 is 10.1 Å². The Kier molecular flexibility index (Phi) is 7.86. The van der Waals surface area contributed by atoms with Crippen molar-refractivity contribution in [1.29, 1.82) is 0 Å². The van der Waals surface area contributed by atoms with E-state index in [2.05, 4.69) is 11.4 Å². The van der Waals surface area contributed by atoms with E-state index in [1.165, 1.54) is 5.56 Å². The molecule has 144 valence electrons. The lowest BCUT2D eigenvalue weighted by molar-refractivity contribution is -0.116. The average molecular weight is 369 g/mol. The van der Waals surface area contributed by atoms with Gasteiger partial charge in [-0.2, -0.15) is 0 Å². The summed E-state index contributed by atoms with van der Waals surface area (Å²) in [5.41, 5.74) is 3.30. The molecule has 2 rings (SSSR count). The van der Waals surface area contributed by atoms with Crippen LogP contribution in [-0.2, 0) is 9.53 Å². The van der Waals surface area contributed by atoms with E-state index < -0.39 is 0 Å². The van der Waals surface area contributed by atoms with Crippen LogP contribution in [0.1, 0.15) is 47.7 Å². The molecule has 1 amide bonds. The molecule has 0 fully saturated rings. The van der Waals surface area contributed by atoms with E-state index in [1.807, 2.05) is 32.9 Å². The summed E-state index contributed by atoms with van der Waals surface area (Å²) in [6.07, 6.45) is 1.72. The molecule has 2 aromatic carbocycles. The molecule has 27 heavy (non-hydrogen) atoms. The lowest BCUT2D eigenvalue weighted by Crippen LogP contribution is -2.13. The number of benzene rings is 2. The second kappa shape index (κ2) is 10.4. The molecule has 0 aliphatic rings. The van der Waals surface area contributed by atoms with Crippen molar-refractivity contribution >= 4 is 17.6 Å². The zero-order chi connectivity index (χ0) is 19.6. The number of hydrogen-bond donors (Lipinski definition) is 1. The van der Waals surface area contributed by atoms with Crippen LogP contribution in [0.15, 0.2) is 42.5 Å². The normalized spacial score (nSPS) is 10.3. The third kappa shape index (κ3) is 6.77. The Balaban J connectivity index is 1.77. The van der Waals surface area contributed by atoms with Crippen molar-refractivity contribution in [2.24, 2.45) is 0 Å². The molecule has 0 spiro atoms. The number of carbonyl (C=O) groups is 2. The number of ether oxygens (including phenoxy) is 2. The average Bonchev–Trinajstić information content (AvgIpc) is 2.65. The Labute approximate surface area is 160 Å². The molecule has 0 saturated carbocycles. The summed E-state index contributed by atoms with van der Waals surface area (Å²) >= 11 is 0. The molecule has 0 bridgehead atoms. The van der Waals surface area contributed by atoms with Gasteiger partial charge in [0.15, 0.2) is 0 Å². The SMILES string of the molecule is CCCOC(=O)c1cccc(NC(=O)CCCOc2ccc(C)cc2C)c1. The fraction of sp³-hybridized carbons (Fsp3) is 0.364. The minimum absolute atomic E-state index is 0.113. The first-order valence-corrected chi connectivity index (χ1v) is 9.26. The first-order chi connectivity index (χ1) is 13.0. The topological polar surface area (TPSA) is 64.6 Å². The fourth-order valence-corrected chi connectivity index (χ4v) is 2.60. The molecule has 0 aliphatic carbocycles. The predicted molar refractivity (Wildman–Crippen MR) is 106 cm³/mol. The quantitative estimate of drug-likeness (QED) is 0.515. The van der Waals surface area contributed by atoms with Gasteiger partial charge in [0.05, 0.1) is 18.8 Å². The summed E-state index contributed by atoms with van der Waals surface area (Å²) in [5, 5.41) is 2.81. The first-order valence-electron chi connectivity index (χ1n) is 9.26. The summed E-state index contributed by atoms with van der Waals surface area (Å²) in [4.78, 5) is 24.0. The van der Waals surface area contributed by atoms with Crippen molar-refractivity contribution in [1.82, 2.24) is 0 Å². The number of rotatable bonds is 9. The highest BCUT2D eigenvalue weighted by atomic mass is 16.5. The highest BCUT2D eigenvalue weighted by molar-refractivity contribution is 5.94. The van der Waals surface area contributed by atoms with Gasteiger partial charge in [-0.25, -0.2) is 4.79 Å². The molecule has 0 atom stereocenters. The smallest absolute Gasteiger partial charge is 0.338 e. The molecule has 1 N–H and O–H groups in total. The van der Waals surface area contributed by atoms with Crippen LogP contribution in [0.4, 0.5) is 5.69 Å². The summed E-state index contributed by atoms with van der Waals surface area (Å²) < 4.78 is 10.8. The minimum Gasteiger partial charge on any atom is -0.493 e. The van der Waals surface area contributed by atoms with Gasteiger partial charge >= 0.3 is 5.97 Å². The lowest BCUT2D eigenvalue weighted by atomic mass is 10.1. The number of hydrogen-bond acceptors (Lipinski definition) is 4. The maximum Gasteiger partial charge on any atom is 0.338 e. The van der Waals surface area contributed by atoms with E-state index in [4.69, 9.17) is 9.47 Å². The second-order valence-corrected chi connectivity index (χ2v) is 6.49. The van der Waals surface area contributed by atoms with Crippen molar-refractivity contribution in [2.45, 2.75) is 40.0 Å². The number of aryl methyl sites for hydroxylation is 2. The number of anilines is 1. The van der Waals surface area contributed by atoms with E-state index in [9.17, 15) is 9.59 Å². The van der Waals surface area contributed by atoms with Crippen LogP contribution in [-0.4, -0.2) is 25.1 Å². The van der Waals surface area contributed by atoms with Gasteiger partial charge in [0, 0.05) is 12.1 Å². The summed E-state index contributed by atoms with van der Waals surface area (Å²) in [7, 11) is 0. The Morgan fingerprint density at radius 2 is 1.85 bits per heavy atom. The van der Waals surface area contributed by atoms with E-state index in [0.717, 1.165) is 17.7 Å². The monoisotopic (exact) mass is 369 g/mol. The maximum atomic E-state index is 12.1. The Hall–Kier alpha value is -2.82. The third-order valence-electron chi connectivity index (χ3n) is 3.96. The van der Waals surface area contributed by atoms with Crippen LogP contribution in [0.3, 0.4) is 0 Å². The highest BCUT2D eigenvalue weighted by Crippen LogP contribution is 2.19. The van der Waals surface area contributed by atoms with Gasteiger partial charge in [0.25, 0.3) is 0 Å². The molecule has 0 saturated heterocycles. The third-order valence-corrected chi connectivity index (χ3v) is 3.96. The number of amides is 1. The maximum absolute atomic E-state index is 12.1. The zero-order valence-electron chi connectivity index (χ0n) is 16.2. The molecular formula is C22H27NO4. The van der Waals surface area contributed by atoms with Crippen LogP contribution in [0.5, 0.6) is 5.75 Å². The summed E-state index contributed by atoms with van der Waals surface area (Å²) in [6, 6.07) is 12.8. The zero-order valence-corrected chi connectivity index (χ0v) is 16.2. The van der Waals surface area contributed by atoms with Gasteiger partial charge < -0.3 is 14.8 Å². The van der Waals surface area contributed by atoms with E-state index in [-0.39, 0.29) is 11.9 Å². The number of carbonyl (C=O) groups excluding carboxylic acids is 2. The van der Waals surface area contributed by atoms with Crippen LogP contribution in [0.25, 0.3) is 0 Å². The molecule has 0 heterocycles. The Bertz CT molecular complexity index is 786. The molecular weight excluding hydrogens is 342 g/mol. The van der Waals surface area contributed by atoms with Crippen molar-refractivity contribution in [3.63, 3.8) is 0 Å². The Morgan fingerprint density at radius 1 is 1.04 bits per heavy atom. The van der Waals surface area contributed by atoms with Crippen molar-refractivity contribution in [2.75, 3.05) is 18.5 Å². The predicted octanol–water partition coefficient (Wildman–Crippen LogP) is 4.67. The first kappa shape index (κ1) is 20.5. The largest absolute Gasteiger partial charge is 0.493 e. The molecule has 0 radical (unpaired) electrons. The lowest BCUT2D eigenvalue weighted by Gasteiger charge is -2.10. The van der Waals surface area contributed by atoms with Gasteiger partial charge in [-0.15, -0.1) is 0 Å². The van der Waals surface area contributed by atoms with Crippen LogP contribution in [0, 0.1) is 13.8 Å². The number of nitrogens with one attached hydrogen (secondary N) is 1. The van der Waals surface area contributed by atoms with Crippen LogP contribution >= 0.6 is 0 Å². The molecule has 0 aromatic heterocycles. The highest BCUT2D eigenvalue weighted by Gasteiger charge is 2.09. The van der Waals surface area contributed by atoms with Gasteiger partial charge in [-0.3, -0.25) is 4.79 Å². The standard InChI is InChI=1S/C22H27NO4/c1-4-12-27-22(25)18-7-5-8-19(15-18)23-21(24)9-6-13-26-20-11-10-16(2)14-17(20)3/h5,7-8,10-11,14-15H,4,6,9,12-13H2,1-3H3,(H,23,24). The van der Waals surface area contributed by atoms with Crippen molar-refractivity contribution in [3.8, 4) is 5.75 Å². The molecule has 5 nitrogen and oxygen atoms in total. The van der Waals surface area contributed by atoms with Crippen molar-refractivity contribution < 1.29 is 19.1 Å². The van der Waals surface area contributed by atoms with Crippen LogP contribution in [0.2, 0.25) is 0 Å². The minimum atomic E-state index is -0.380. The number of esters is 1. The van der Waals surface area contributed by atoms with Gasteiger partial charge in [-0.05, 0) is 56.5 Å². The van der Waals surface area contributed by atoms with Gasteiger partial charge in [0.1, 0.15) is 5.75 Å². The van der Waals surface area contributed by atoms with Crippen molar-refractivity contribution in [3.05, 3.63) is 59.2 Å². The summed E-state index contributed by atoms with van der Waals surface area (Å²) in [5.74, 6) is 0.354. The van der Waals surface area contributed by atoms with Gasteiger partial charge in [-0.1, -0.05) is 30.7 Å². The molecule has 5 heteroatoms.